The standard InChI is InChI=1S/C17H17N3O6/c1-19(10-12-4-5-13-15(9-12)25-8-7-24-13)16(21)11-26-14-3-2-6-18-17(14)20(22)23/h2-6,9H,7-8,10-11H2,1H3. The van der Waals surface area contributed by atoms with Crippen LogP contribution in [0.25, 0.3) is 0 Å². The first kappa shape index (κ1) is 17.5. The number of pyridine rings is 1. The molecule has 0 aliphatic carbocycles. The van der Waals surface area contributed by atoms with Crippen molar-refractivity contribution in [3.8, 4) is 17.2 Å². The minimum absolute atomic E-state index is 0.0430. The predicted molar refractivity (Wildman–Crippen MR) is 90.3 cm³/mol. The number of hydrogen-bond acceptors (Lipinski definition) is 7. The van der Waals surface area contributed by atoms with E-state index in [0.717, 1.165) is 5.56 Å². The molecular weight excluding hydrogens is 342 g/mol. The summed E-state index contributed by atoms with van der Waals surface area (Å²) >= 11 is 0. The highest BCUT2D eigenvalue weighted by Gasteiger charge is 2.19. The molecule has 136 valence electrons. The van der Waals surface area contributed by atoms with Crippen LogP contribution in [0, 0.1) is 10.1 Å². The van der Waals surface area contributed by atoms with Crippen LogP contribution in [0.1, 0.15) is 5.56 Å². The second-order valence-electron chi connectivity index (χ2n) is 5.60. The molecule has 0 unspecified atom stereocenters. The largest absolute Gasteiger partial charge is 0.486 e. The summed E-state index contributed by atoms with van der Waals surface area (Å²) in [6, 6.07) is 8.39. The number of nitrogens with zero attached hydrogens (tertiary/aromatic N) is 3. The van der Waals surface area contributed by atoms with E-state index >= 15 is 0 Å². The first-order valence-corrected chi connectivity index (χ1v) is 7.89. The third-order valence-corrected chi connectivity index (χ3v) is 3.73. The van der Waals surface area contributed by atoms with Crippen LogP contribution in [-0.2, 0) is 11.3 Å². The number of likely N-dealkylation sites (N-methyl/N-ethyl adjacent to an activating group) is 1. The highest BCUT2D eigenvalue weighted by molar-refractivity contribution is 5.77. The van der Waals surface area contributed by atoms with Gasteiger partial charge < -0.3 is 29.2 Å². The zero-order valence-corrected chi connectivity index (χ0v) is 14.1. The smallest absolute Gasteiger partial charge is 0.406 e. The van der Waals surface area contributed by atoms with E-state index in [4.69, 9.17) is 14.2 Å². The third-order valence-electron chi connectivity index (χ3n) is 3.73. The number of carbonyl (C=O) groups excluding carboxylic acids is 1. The van der Waals surface area contributed by atoms with E-state index in [1.807, 2.05) is 12.1 Å². The van der Waals surface area contributed by atoms with Gasteiger partial charge >= 0.3 is 5.82 Å². The van der Waals surface area contributed by atoms with Gasteiger partial charge in [0.1, 0.15) is 19.4 Å². The molecule has 2 aromatic rings. The number of amides is 1. The lowest BCUT2D eigenvalue weighted by molar-refractivity contribution is -0.390. The SMILES string of the molecule is CN(Cc1ccc2c(c1)OCCO2)C(=O)COc1cccnc1[N+](=O)[O-]. The lowest BCUT2D eigenvalue weighted by Gasteiger charge is -2.21. The van der Waals surface area contributed by atoms with E-state index in [0.29, 0.717) is 31.3 Å². The molecule has 0 bridgehead atoms. The van der Waals surface area contributed by atoms with Crippen LogP contribution in [0.15, 0.2) is 36.5 Å². The molecule has 0 saturated carbocycles. The first-order valence-electron chi connectivity index (χ1n) is 7.89. The fourth-order valence-corrected chi connectivity index (χ4v) is 2.43. The highest BCUT2D eigenvalue weighted by atomic mass is 16.6. The minimum atomic E-state index is -0.654. The number of aromatic nitrogens is 1. The van der Waals surface area contributed by atoms with Gasteiger partial charge in [0, 0.05) is 13.6 Å². The Labute approximate surface area is 149 Å². The van der Waals surface area contributed by atoms with E-state index in [2.05, 4.69) is 4.98 Å². The second-order valence-corrected chi connectivity index (χ2v) is 5.60. The molecule has 0 N–H and O–H groups in total. The van der Waals surface area contributed by atoms with Gasteiger partial charge in [-0.1, -0.05) is 6.07 Å². The van der Waals surface area contributed by atoms with Crippen molar-refractivity contribution in [2.24, 2.45) is 0 Å². The number of ether oxygens (including phenoxy) is 3. The van der Waals surface area contributed by atoms with Crippen molar-refractivity contribution in [2.75, 3.05) is 26.9 Å². The van der Waals surface area contributed by atoms with Gasteiger partial charge in [-0.2, -0.15) is 0 Å². The molecule has 0 atom stereocenters. The summed E-state index contributed by atoms with van der Waals surface area (Å²) in [6.45, 7) is 1.02. The Morgan fingerprint density at radius 2 is 2.08 bits per heavy atom. The van der Waals surface area contributed by atoms with Gasteiger partial charge in [-0.25, -0.2) is 0 Å². The van der Waals surface area contributed by atoms with Crippen LogP contribution in [0.4, 0.5) is 5.82 Å². The van der Waals surface area contributed by atoms with Gasteiger partial charge in [-0.3, -0.25) is 4.79 Å². The van der Waals surface area contributed by atoms with Crippen LogP contribution in [0.3, 0.4) is 0 Å². The molecule has 9 nitrogen and oxygen atoms in total. The molecule has 1 amide bonds. The Morgan fingerprint density at radius 1 is 1.31 bits per heavy atom. The van der Waals surface area contributed by atoms with E-state index in [1.54, 1.807) is 13.1 Å². The molecule has 1 aliphatic rings. The Bertz CT molecular complexity index is 826. The van der Waals surface area contributed by atoms with Crippen molar-refractivity contribution >= 4 is 11.7 Å². The molecule has 1 aromatic heterocycles. The van der Waals surface area contributed by atoms with Crippen molar-refractivity contribution in [1.82, 2.24) is 9.88 Å². The molecule has 0 saturated heterocycles. The molecule has 0 spiro atoms. The molecule has 3 rings (SSSR count). The summed E-state index contributed by atoms with van der Waals surface area (Å²) in [6.07, 6.45) is 1.29. The number of carbonyl (C=O) groups is 1. The predicted octanol–water partition coefficient (Wildman–Crippen LogP) is 1.80. The maximum atomic E-state index is 12.2. The fourth-order valence-electron chi connectivity index (χ4n) is 2.43. The average Bonchev–Trinajstić information content (AvgIpc) is 2.66. The van der Waals surface area contributed by atoms with Gasteiger partial charge in [-0.05, 0) is 39.7 Å². The van der Waals surface area contributed by atoms with Crippen LogP contribution < -0.4 is 14.2 Å². The first-order chi connectivity index (χ1) is 12.5. The van der Waals surface area contributed by atoms with E-state index in [-0.39, 0.29) is 18.3 Å². The number of hydrogen-bond donors (Lipinski definition) is 0. The van der Waals surface area contributed by atoms with Crippen LogP contribution in [-0.4, -0.2) is 47.6 Å². The summed E-state index contributed by atoms with van der Waals surface area (Å²) in [7, 11) is 1.63. The van der Waals surface area contributed by atoms with Crippen molar-refractivity contribution in [3.05, 3.63) is 52.2 Å². The average molecular weight is 359 g/mol. The van der Waals surface area contributed by atoms with E-state index in [1.165, 1.54) is 23.2 Å². The Kier molecular flexibility index (Phi) is 5.16. The molecule has 0 fully saturated rings. The normalized spacial score (nSPS) is 12.3. The lowest BCUT2D eigenvalue weighted by atomic mass is 10.2. The van der Waals surface area contributed by atoms with Crippen LogP contribution in [0.2, 0.25) is 0 Å². The Morgan fingerprint density at radius 3 is 2.85 bits per heavy atom. The number of rotatable bonds is 6. The molecule has 26 heavy (non-hydrogen) atoms. The number of benzene rings is 1. The fraction of sp³-hybridized carbons (Fsp3) is 0.294. The van der Waals surface area contributed by atoms with Gasteiger partial charge in [0.2, 0.25) is 5.75 Å². The number of fused-ring (bicyclic) bond motifs is 1. The quantitative estimate of drug-likeness (QED) is 0.572. The van der Waals surface area contributed by atoms with Gasteiger partial charge in [0.05, 0.1) is 0 Å². The van der Waals surface area contributed by atoms with Crippen molar-refractivity contribution in [2.45, 2.75) is 6.54 Å². The van der Waals surface area contributed by atoms with Gasteiger partial charge in [-0.15, -0.1) is 0 Å². The molecule has 1 aromatic carbocycles. The topological polar surface area (TPSA) is 104 Å². The summed E-state index contributed by atoms with van der Waals surface area (Å²) in [5, 5.41) is 10.9. The minimum Gasteiger partial charge on any atom is -0.486 e. The lowest BCUT2D eigenvalue weighted by Crippen LogP contribution is -2.31. The molecule has 0 radical (unpaired) electrons. The maximum Gasteiger partial charge on any atom is 0.406 e. The van der Waals surface area contributed by atoms with E-state index in [9.17, 15) is 14.9 Å². The molecule has 9 heteroatoms. The zero-order chi connectivity index (χ0) is 18.5. The summed E-state index contributed by atoms with van der Waals surface area (Å²) < 4.78 is 16.3. The maximum absolute atomic E-state index is 12.2. The summed E-state index contributed by atoms with van der Waals surface area (Å²) in [5.41, 5.74) is 0.873. The Hall–Kier alpha value is -3.36. The summed E-state index contributed by atoms with van der Waals surface area (Å²) in [5.74, 6) is 0.546. The monoisotopic (exact) mass is 359 g/mol. The van der Waals surface area contributed by atoms with Crippen LogP contribution in [0.5, 0.6) is 17.2 Å². The second kappa shape index (κ2) is 7.68. The molecule has 2 heterocycles. The highest BCUT2D eigenvalue weighted by Crippen LogP contribution is 2.31. The van der Waals surface area contributed by atoms with Crippen LogP contribution >= 0.6 is 0 Å². The van der Waals surface area contributed by atoms with Crippen molar-refractivity contribution < 1.29 is 23.9 Å². The van der Waals surface area contributed by atoms with E-state index < -0.39 is 10.7 Å². The summed E-state index contributed by atoms with van der Waals surface area (Å²) in [4.78, 5) is 27.6. The van der Waals surface area contributed by atoms with Gasteiger partial charge in [0.25, 0.3) is 5.91 Å². The Balaban J connectivity index is 1.59. The number of nitro groups is 1. The van der Waals surface area contributed by atoms with Crippen molar-refractivity contribution in [3.63, 3.8) is 0 Å². The zero-order valence-electron chi connectivity index (χ0n) is 14.1. The van der Waals surface area contributed by atoms with Gasteiger partial charge in [0.15, 0.2) is 18.1 Å². The van der Waals surface area contributed by atoms with Crippen molar-refractivity contribution in [1.29, 1.82) is 0 Å². The third kappa shape index (κ3) is 4.00. The molecule has 1 aliphatic heterocycles. The molecular formula is C17H17N3O6.